The lowest BCUT2D eigenvalue weighted by Crippen LogP contribution is -2.36. The minimum atomic E-state index is -0.0246. The number of hydrogen-bond donors (Lipinski definition) is 3. The molecule has 2 aromatic rings. The van der Waals surface area contributed by atoms with Crippen LogP contribution in [-0.2, 0) is 17.9 Å². The number of thiophene rings is 1. The Bertz CT molecular complexity index is 678. The van der Waals surface area contributed by atoms with E-state index in [1.54, 1.807) is 11.3 Å². The molecule has 134 valence electrons. The van der Waals surface area contributed by atoms with E-state index in [-0.39, 0.29) is 11.8 Å². The predicted molar refractivity (Wildman–Crippen MR) is 106 cm³/mol. The van der Waals surface area contributed by atoms with Gasteiger partial charge in [-0.1, -0.05) is 26.0 Å². The fourth-order valence-electron chi connectivity index (χ4n) is 2.07. The molecule has 2 rings (SSSR count). The molecule has 25 heavy (non-hydrogen) atoms. The zero-order valence-electron chi connectivity index (χ0n) is 15.0. The summed E-state index contributed by atoms with van der Waals surface area (Å²) in [6, 6.07) is 9.94. The van der Waals surface area contributed by atoms with E-state index in [2.05, 4.69) is 37.8 Å². The van der Waals surface area contributed by atoms with Gasteiger partial charge in [-0.2, -0.15) is 11.3 Å². The van der Waals surface area contributed by atoms with E-state index < -0.39 is 0 Å². The van der Waals surface area contributed by atoms with E-state index in [0.29, 0.717) is 13.1 Å². The number of hydrogen-bond acceptors (Lipinski definition) is 3. The fraction of sp³-hybridized carbons (Fsp3) is 0.368. The van der Waals surface area contributed by atoms with Crippen LogP contribution in [0.1, 0.15) is 31.9 Å². The maximum atomic E-state index is 11.7. The summed E-state index contributed by atoms with van der Waals surface area (Å²) < 4.78 is 0. The predicted octanol–water partition coefficient (Wildman–Crippen LogP) is 3.60. The van der Waals surface area contributed by atoms with Gasteiger partial charge in [0.15, 0.2) is 5.96 Å². The maximum absolute atomic E-state index is 11.7. The second-order valence-corrected chi connectivity index (χ2v) is 6.80. The van der Waals surface area contributed by atoms with Crippen LogP contribution in [0.15, 0.2) is 46.1 Å². The van der Waals surface area contributed by atoms with Gasteiger partial charge < -0.3 is 16.0 Å². The van der Waals surface area contributed by atoms with Crippen molar-refractivity contribution in [1.82, 2.24) is 10.6 Å². The molecule has 0 aliphatic rings. The summed E-state index contributed by atoms with van der Waals surface area (Å²) >= 11 is 1.68. The number of carbonyl (C=O) groups excluding carboxylic acids is 1. The monoisotopic (exact) mass is 358 g/mol. The number of benzene rings is 1. The van der Waals surface area contributed by atoms with E-state index in [0.717, 1.165) is 23.8 Å². The van der Waals surface area contributed by atoms with Crippen LogP contribution in [0.25, 0.3) is 0 Å². The van der Waals surface area contributed by atoms with E-state index in [1.807, 2.05) is 45.0 Å². The van der Waals surface area contributed by atoms with Gasteiger partial charge in [0.05, 0.1) is 6.54 Å². The van der Waals surface area contributed by atoms with Crippen molar-refractivity contribution in [3.63, 3.8) is 0 Å². The van der Waals surface area contributed by atoms with E-state index in [9.17, 15) is 4.79 Å². The van der Waals surface area contributed by atoms with Gasteiger partial charge in [-0.25, -0.2) is 4.99 Å². The zero-order chi connectivity index (χ0) is 18.1. The molecule has 1 heterocycles. The van der Waals surface area contributed by atoms with Crippen molar-refractivity contribution >= 4 is 28.9 Å². The van der Waals surface area contributed by atoms with Crippen LogP contribution >= 0.6 is 11.3 Å². The van der Waals surface area contributed by atoms with Gasteiger partial charge in [0.1, 0.15) is 0 Å². The molecule has 5 nitrogen and oxygen atoms in total. The van der Waals surface area contributed by atoms with Crippen LogP contribution < -0.4 is 16.0 Å². The average Bonchev–Trinajstić information content (AvgIpc) is 3.12. The lowest BCUT2D eigenvalue weighted by molar-refractivity contribution is -0.118. The van der Waals surface area contributed by atoms with Crippen molar-refractivity contribution in [3.8, 4) is 0 Å². The van der Waals surface area contributed by atoms with Crippen molar-refractivity contribution in [2.75, 3.05) is 11.9 Å². The molecular formula is C19H26N4OS. The molecule has 6 heteroatoms. The molecule has 0 saturated heterocycles. The van der Waals surface area contributed by atoms with Crippen LogP contribution in [-0.4, -0.2) is 18.4 Å². The molecule has 0 saturated carbocycles. The highest BCUT2D eigenvalue weighted by molar-refractivity contribution is 7.07. The van der Waals surface area contributed by atoms with Crippen LogP contribution in [0.2, 0.25) is 0 Å². The van der Waals surface area contributed by atoms with Crippen molar-refractivity contribution in [2.45, 2.75) is 33.9 Å². The molecular weight excluding hydrogens is 332 g/mol. The number of guanidine groups is 1. The van der Waals surface area contributed by atoms with Gasteiger partial charge in [-0.3, -0.25) is 4.79 Å². The van der Waals surface area contributed by atoms with Crippen molar-refractivity contribution in [1.29, 1.82) is 0 Å². The van der Waals surface area contributed by atoms with Crippen molar-refractivity contribution in [2.24, 2.45) is 10.9 Å². The summed E-state index contributed by atoms with van der Waals surface area (Å²) in [6.45, 7) is 7.97. The number of amides is 1. The summed E-state index contributed by atoms with van der Waals surface area (Å²) in [5, 5.41) is 13.6. The molecule has 0 bridgehead atoms. The lowest BCUT2D eigenvalue weighted by Gasteiger charge is -2.12. The van der Waals surface area contributed by atoms with Gasteiger partial charge in [-0.15, -0.1) is 0 Å². The first-order valence-electron chi connectivity index (χ1n) is 8.51. The number of nitrogens with one attached hydrogen (secondary N) is 3. The van der Waals surface area contributed by atoms with Crippen LogP contribution in [0.5, 0.6) is 0 Å². The molecule has 1 aromatic carbocycles. The first kappa shape index (κ1) is 19.0. The third kappa shape index (κ3) is 6.58. The highest BCUT2D eigenvalue weighted by atomic mass is 32.1. The normalized spacial score (nSPS) is 11.4. The van der Waals surface area contributed by atoms with E-state index >= 15 is 0 Å². The van der Waals surface area contributed by atoms with E-state index in [4.69, 9.17) is 0 Å². The standard InChI is InChI=1S/C19H26N4OS/c1-4-20-19(22-12-16-9-10-25-13-16)21-11-15-5-7-17(8-6-15)23-18(24)14(2)3/h5-10,13-14H,4,11-12H2,1-3H3,(H,23,24)(H2,20,21,22). The highest BCUT2D eigenvalue weighted by Crippen LogP contribution is 2.11. The zero-order valence-corrected chi connectivity index (χ0v) is 15.8. The third-order valence-electron chi connectivity index (χ3n) is 3.55. The van der Waals surface area contributed by atoms with Crippen LogP contribution in [0.3, 0.4) is 0 Å². The molecule has 3 N–H and O–H groups in total. The molecule has 0 aliphatic carbocycles. The summed E-state index contributed by atoms with van der Waals surface area (Å²) in [5.74, 6) is 0.801. The van der Waals surface area contributed by atoms with Crippen LogP contribution in [0.4, 0.5) is 5.69 Å². The Hall–Kier alpha value is -2.34. The highest BCUT2D eigenvalue weighted by Gasteiger charge is 2.06. The Morgan fingerprint density at radius 3 is 2.48 bits per heavy atom. The largest absolute Gasteiger partial charge is 0.357 e. The Morgan fingerprint density at radius 1 is 1.12 bits per heavy atom. The van der Waals surface area contributed by atoms with Gasteiger partial charge >= 0.3 is 0 Å². The first-order chi connectivity index (χ1) is 12.1. The van der Waals surface area contributed by atoms with Gasteiger partial charge in [-0.05, 0) is 47.0 Å². The Morgan fingerprint density at radius 2 is 1.88 bits per heavy atom. The van der Waals surface area contributed by atoms with Crippen molar-refractivity contribution < 1.29 is 4.79 Å². The maximum Gasteiger partial charge on any atom is 0.226 e. The summed E-state index contributed by atoms with van der Waals surface area (Å²) in [6.07, 6.45) is 0. The third-order valence-corrected chi connectivity index (χ3v) is 4.28. The number of carbonyl (C=O) groups is 1. The van der Waals surface area contributed by atoms with Gasteiger partial charge in [0.2, 0.25) is 5.91 Å². The summed E-state index contributed by atoms with van der Waals surface area (Å²) in [7, 11) is 0. The SMILES string of the molecule is CCNC(=NCc1ccsc1)NCc1ccc(NC(=O)C(C)C)cc1. The first-order valence-corrected chi connectivity index (χ1v) is 9.45. The topological polar surface area (TPSA) is 65.5 Å². The lowest BCUT2D eigenvalue weighted by atomic mass is 10.1. The molecule has 0 fully saturated rings. The van der Waals surface area contributed by atoms with Gasteiger partial charge in [0, 0.05) is 24.7 Å². The number of aliphatic imine (C=N–C) groups is 1. The Kier molecular flexibility index (Phi) is 7.47. The molecule has 0 radical (unpaired) electrons. The molecule has 0 unspecified atom stereocenters. The van der Waals surface area contributed by atoms with Crippen molar-refractivity contribution in [3.05, 3.63) is 52.2 Å². The van der Waals surface area contributed by atoms with Crippen LogP contribution in [0, 0.1) is 5.92 Å². The van der Waals surface area contributed by atoms with E-state index in [1.165, 1.54) is 5.56 Å². The molecule has 0 atom stereocenters. The Labute approximate surface area is 153 Å². The van der Waals surface area contributed by atoms with Gasteiger partial charge in [0.25, 0.3) is 0 Å². The molecule has 1 aromatic heterocycles. The second-order valence-electron chi connectivity index (χ2n) is 6.02. The fourth-order valence-corrected chi connectivity index (χ4v) is 2.73. The molecule has 0 aliphatic heterocycles. The number of rotatable bonds is 7. The summed E-state index contributed by atoms with van der Waals surface area (Å²) in [4.78, 5) is 16.3. The number of nitrogens with zero attached hydrogens (tertiary/aromatic N) is 1. The smallest absolute Gasteiger partial charge is 0.226 e. The average molecular weight is 359 g/mol. The second kappa shape index (κ2) is 9.84. The minimum Gasteiger partial charge on any atom is -0.357 e. The molecule has 0 spiro atoms. The quantitative estimate of drug-likeness (QED) is 0.523. The number of anilines is 1. The molecule has 1 amide bonds. The minimum absolute atomic E-state index is 0.0246. The summed E-state index contributed by atoms with van der Waals surface area (Å²) in [5.41, 5.74) is 3.16. The Balaban J connectivity index is 1.89.